The highest BCUT2D eigenvalue weighted by atomic mass is 32.2. The molecular formula is C13H22N2O4S. The van der Waals surface area contributed by atoms with Crippen LogP contribution in [-0.2, 0) is 14.8 Å². The van der Waals surface area contributed by atoms with E-state index in [0.29, 0.717) is 31.9 Å². The summed E-state index contributed by atoms with van der Waals surface area (Å²) in [6.07, 6.45) is 1.57. The van der Waals surface area contributed by atoms with E-state index in [1.54, 1.807) is 6.07 Å². The number of hydrogen-bond acceptors (Lipinski definition) is 5. The molecule has 0 aliphatic rings. The van der Waals surface area contributed by atoms with E-state index < -0.39 is 10.0 Å². The first kappa shape index (κ1) is 16.7. The van der Waals surface area contributed by atoms with Gasteiger partial charge in [0, 0.05) is 25.8 Å². The number of rotatable bonds is 9. The first-order valence-corrected chi connectivity index (χ1v) is 8.00. The van der Waals surface area contributed by atoms with Gasteiger partial charge in [-0.3, -0.25) is 0 Å². The molecule has 0 fully saturated rings. The first-order chi connectivity index (χ1) is 9.51. The number of sulfonamides is 1. The fourth-order valence-corrected chi connectivity index (χ4v) is 2.79. The minimum Gasteiger partial charge on any atom is -0.497 e. The van der Waals surface area contributed by atoms with Gasteiger partial charge in [0.2, 0.25) is 10.0 Å². The van der Waals surface area contributed by atoms with Crippen molar-refractivity contribution in [2.24, 2.45) is 0 Å². The lowest BCUT2D eigenvalue weighted by Gasteiger charge is -2.10. The van der Waals surface area contributed by atoms with E-state index in [1.807, 2.05) is 6.92 Å². The molecule has 1 rings (SSSR count). The summed E-state index contributed by atoms with van der Waals surface area (Å²) in [6, 6.07) is 4.48. The maximum Gasteiger partial charge on any atom is 0.242 e. The number of nitrogen functional groups attached to an aromatic ring is 1. The van der Waals surface area contributed by atoms with Crippen molar-refractivity contribution >= 4 is 15.7 Å². The number of anilines is 1. The van der Waals surface area contributed by atoms with Crippen LogP contribution in [0.15, 0.2) is 23.1 Å². The second-order valence-corrected chi connectivity index (χ2v) is 6.00. The molecular weight excluding hydrogens is 280 g/mol. The van der Waals surface area contributed by atoms with Crippen LogP contribution in [0.1, 0.15) is 19.8 Å². The van der Waals surface area contributed by atoms with Crippen LogP contribution in [0.25, 0.3) is 0 Å². The van der Waals surface area contributed by atoms with Crippen LogP contribution in [0.5, 0.6) is 5.75 Å². The van der Waals surface area contributed by atoms with Crippen LogP contribution >= 0.6 is 0 Å². The van der Waals surface area contributed by atoms with E-state index in [9.17, 15) is 8.42 Å². The quantitative estimate of drug-likeness (QED) is 0.531. The summed E-state index contributed by atoms with van der Waals surface area (Å²) in [4.78, 5) is 0.0628. The zero-order valence-electron chi connectivity index (χ0n) is 11.9. The summed E-state index contributed by atoms with van der Waals surface area (Å²) < 4.78 is 36.9. The van der Waals surface area contributed by atoms with Crippen molar-refractivity contribution in [2.45, 2.75) is 24.7 Å². The monoisotopic (exact) mass is 302 g/mol. The van der Waals surface area contributed by atoms with E-state index in [2.05, 4.69) is 4.72 Å². The Bertz CT molecular complexity index is 517. The van der Waals surface area contributed by atoms with E-state index >= 15 is 0 Å². The smallest absolute Gasteiger partial charge is 0.242 e. The molecule has 0 unspecified atom stereocenters. The zero-order valence-corrected chi connectivity index (χ0v) is 12.7. The Hall–Kier alpha value is -1.31. The first-order valence-electron chi connectivity index (χ1n) is 6.52. The third-order valence-electron chi connectivity index (χ3n) is 2.61. The van der Waals surface area contributed by atoms with E-state index in [1.165, 1.54) is 19.2 Å². The summed E-state index contributed by atoms with van der Waals surface area (Å²) in [6.45, 7) is 3.57. The highest BCUT2D eigenvalue weighted by molar-refractivity contribution is 7.89. The summed E-state index contributed by atoms with van der Waals surface area (Å²) >= 11 is 0. The summed E-state index contributed by atoms with van der Waals surface area (Å²) in [5, 5.41) is 0. The van der Waals surface area contributed by atoms with Gasteiger partial charge in [-0.05, 0) is 25.0 Å². The summed E-state index contributed by atoms with van der Waals surface area (Å²) in [5.41, 5.74) is 5.89. The molecule has 0 spiro atoms. The van der Waals surface area contributed by atoms with Gasteiger partial charge in [-0.25, -0.2) is 13.1 Å². The highest BCUT2D eigenvalue weighted by Gasteiger charge is 2.17. The molecule has 0 saturated heterocycles. The van der Waals surface area contributed by atoms with Crippen LogP contribution < -0.4 is 15.2 Å². The van der Waals surface area contributed by atoms with Gasteiger partial charge in [0.15, 0.2) is 0 Å². The van der Waals surface area contributed by atoms with Crippen LogP contribution in [0.4, 0.5) is 5.69 Å². The lowest BCUT2D eigenvalue weighted by molar-refractivity contribution is 0.133. The average molecular weight is 302 g/mol. The lowest BCUT2D eigenvalue weighted by Crippen LogP contribution is -2.26. The number of nitrogens with two attached hydrogens (primary N) is 1. The van der Waals surface area contributed by atoms with Gasteiger partial charge in [-0.2, -0.15) is 0 Å². The Balaban J connectivity index is 2.56. The average Bonchev–Trinajstić information content (AvgIpc) is 2.42. The Kier molecular flexibility index (Phi) is 6.77. The molecule has 3 N–H and O–H groups in total. The Labute approximate surface area is 120 Å². The third kappa shape index (κ3) is 4.99. The molecule has 0 bridgehead atoms. The molecule has 0 heterocycles. The third-order valence-corrected chi connectivity index (χ3v) is 4.15. The second kappa shape index (κ2) is 8.08. The molecule has 0 saturated carbocycles. The van der Waals surface area contributed by atoms with Gasteiger partial charge in [0.1, 0.15) is 10.6 Å². The number of ether oxygens (including phenoxy) is 2. The van der Waals surface area contributed by atoms with Crippen molar-refractivity contribution in [3.63, 3.8) is 0 Å². The van der Waals surface area contributed by atoms with Crippen LogP contribution in [-0.4, -0.2) is 35.3 Å². The molecule has 20 heavy (non-hydrogen) atoms. The molecule has 6 nitrogen and oxygen atoms in total. The molecule has 0 radical (unpaired) electrons. The van der Waals surface area contributed by atoms with Crippen molar-refractivity contribution in [1.29, 1.82) is 0 Å². The zero-order chi connectivity index (χ0) is 15.0. The fourth-order valence-electron chi connectivity index (χ4n) is 1.60. The number of hydrogen-bond donors (Lipinski definition) is 2. The minimum atomic E-state index is -3.59. The normalized spacial score (nSPS) is 11.5. The SMILES string of the molecule is CCCOCCCNS(=O)(=O)c1ccc(OC)cc1N. The van der Waals surface area contributed by atoms with E-state index in [0.717, 1.165) is 6.42 Å². The maximum atomic E-state index is 12.1. The van der Waals surface area contributed by atoms with E-state index in [-0.39, 0.29) is 10.6 Å². The van der Waals surface area contributed by atoms with Crippen molar-refractivity contribution in [1.82, 2.24) is 4.72 Å². The molecule has 7 heteroatoms. The topological polar surface area (TPSA) is 90.6 Å². The standard InChI is InChI=1S/C13H22N2O4S/c1-3-8-19-9-4-7-15-20(16,17)13-6-5-11(18-2)10-12(13)14/h5-6,10,15H,3-4,7-9,14H2,1-2H3. The molecule has 0 aromatic heterocycles. The van der Waals surface area contributed by atoms with Crippen LogP contribution in [0.2, 0.25) is 0 Å². The van der Waals surface area contributed by atoms with Gasteiger partial charge in [-0.15, -0.1) is 0 Å². The van der Waals surface area contributed by atoms with Crippen molar-refractivity contribution in [2.75, 3.05) is 32.6 Å². The molecule has 1 aromatic carbocycles. The summed E-state index contributed by atoms with van der Waals surface area (Å²) in [7, 11) is -2.10. The van der Waals surface area contributed by atoms with Crippen molar-refractivity contribution < 1.29 is 17.9 Å². The molecule has 0 atom stereocenters. The van der Waals surface area contributed by atoms with Crippen LogP contribution in [0, 0.1) is 0 Å². The molecule has 0 aliphatic carbocycles. The maximum absolute atomic E-state index is 12.1. The summed E-state index contributed by atoms with van der Waals surface area (Å²) in [5.74, 6) is 0.523. The van der Waals surface area contributed by atoms with Crippen molar-refractivity contribution in [3.8, 4) is 5.75 Å². The van der Waals surface area contributed by atoms with E-state index in [4.69, 9.17) is 15.2 Å². The minimum absolute atomic E-state index is 0.0628. The Morgan fingerprint density at radius 2 is 2.05 bits per heavy atom. The molecule has 0 aliphatic heterocycles. The van der Waals surface area contributed by atoms with Gasteiger partial charge in [0.25, 0.3) is 0 Å². The van der Waals surface area contributed by atoms with Crippen molar-refractivity contribution in [3.05, 3.63) is 18.2 Å². The largest absolute Gasteiger partial charge is 0.497 e. The molecule has 0 amide bonds. The van der Waals surface area contributed by atoms with Gasteiger partial charge in [-0.1, -0.05) is 6.92 Å². The second-order valence-electron chi connectivity index (χ2n) is 4.27. The Morgan fingerprint density at radius 1 is 1.30 bits per heavy atom. The Morgan fingerprint density at radius 3 is 2.65 bits per heavy atom. The van der Waals surface area contributed by atoms with Gasteiger partial charge >= 0.3 is 0 Å². The van der Waals surface area contributed by atoms with Gasteiger partial charge < -0.3 is 15.2 Å². The number of methoxy groups -OCH3 is 1. The predicted octanol–water partition coefficient (Wildman–Crippen LogP) is 1.37. The molecule has 114 valence electrons. The lowest BCUT2D eigenvalue weighted by atomic mass is 10.3. The van der Waals surface area contributed by atoms with Crippen LogP contribution in [0.3, 0.4) is 0 Å². The molecule has 1 aromatic rings. The number of benzene rings is 1. The predicted molar refractivity (Wildman–Crippen MR) is 78.3 cm³/mol. The number of nitrogens with one attached hydrogen (secondary N) is 1. The van der Waals surface area contributed by atoms with Gasteiger partial charge in [0.05, 0.1) is 12.8 Å². The highest BCUT2D eigenvalue weighted by Crippen LogP contribution is 2.23. The fraction of sp³-hybridized carbons (Fsp3) is 0.538.